The summed E-state index contributed by atoms with van der Waals surface area (Å²) in [6.07, 6.45) is -4.63. The number of aliphatic carboxylic acids is 1. The van der Waals surface area contributed by atoms with E-state index in [1.165, 1.54) is 28.0 Å². The topological polar surface area (TPSA) is 60.9 Å². The molecule has 1 aliphatic rings. The van der Waals surface area contributed by atoms with Crippen LogP contribution in [0.2, 0.25) is 0 Å². The van der Waals surface area contributed by atoms with Crippen molar-refractivity contribution in [3.63, 3.8) is 0 Å². The molecule has 1 heterocycles. The Hall–Kier alpha value is -2.16. The van der Waals surface area contributed by atoms with Gasteiger partial charge in [-0.15, -0.1) is 0 Å². The number of carbonyl (C=O) groups is 2. The van der Waals surface area contributed by atoms with Gasteiger partial charge in [0.15, 0.2) is 0 Å². The van der Waals surface area contributed by atoms with E-state index in [4.69, 9.17) is 5.11 Å². The number of carbonyl (C=O) groups excluding carboxylic acids is 1. The quantitative estimate of drug-likeness (QED) is 0.775. The van der Waals surface area contributed by atoms with Crippen LogP contribution in [-0.4, -0.2) is 59.1 Å². The smallest absolute Gasteiger partial charge is 0.393 e. The predicted octanol–water partition coefficient (Wildman–Crippen LogP) is 2.37. The monoisotopic (exact) mass is 376 g/mol. The molecule has 2 rings (SSSR count). The molecule has 0 radical (unpaired) electrons. The molecule has 26 heavy (non-hydrogen) atoms. The summed E-state index contributed by atoms with van der Waals surface area (Å²) < 4.78 is 52.3. The second-order valence-corrected chi connectivity index (χ2v) is 6.32. The largest absolute Gasteiger partial charge is 0.481 e. The minimum atomic E-state index is -4.63. The maximum Gasteiger partial charge on any atom is 0.393 e. The number of hydrogen-bond donors (Lipinski definition) is 1. The lowest BCUT2D eigenvalue weighted by Gasteiger charge is -2.24. The van der Waals surface area contributed by atoms with Crippen molar-refractivity contribution in [2.75, 3.05) is 26.2 Å². The van der Waals surface area contributed by atoms with Gasteiger partial charge in [0.1, 0.15) is 5.82 Å². The number of hydrogen-bond acceptors (Lipinski definition) is 3. The first kappa shape index (κ1) is 20.2. The maximum absolute atomic E-state index is 13.2. The van der Waals surface area contributed by atoms with Crippen LogP contribution in [0.4, 0.5) is 17.6 Å². The van der Waals surface area contributed by atoms with Gasteiger partial charge < -0.3 is 10.0 Å². The molecule has 1 aromatic rings. The molecular weight excluding hydrogens is 356 g/mol. The van der Waals surface area contributed by atoms with E-state index in [0.29, 0.717) is 12.1 Å². The Bertz CT molecular complexity index is 666. The first-order chi connectivity index (χ1) is 12.1. The molecule has 1 aliphatic heterocycles. The van der Waals surface area contributed by atoms with E-state index < -0.39 is 42.3 Å². The van der Waals surface area contributed by atoms with E-state index in [1.54, 1.807) is 13.0 Å². The number of nitrogens with zero attached hydrogens (tertiary/aromatic N) is 2. The average Bonchev–Trinajstić information content (AvgIpc) is 2.97. The maximum atomic E-state index is 13.2. The Morgan fingerprint density at radius 3 is 2.50 bits per heavy atom. The normalized spacial score (nSPS) is 21.0. The summed E-state index contributed by atoms with van der Waals surface area (Å²) in [6.45, 7) is 0.978. The number of carboxylic acid groups (broad SMARTS) is 1. The number of likely N-dealkylation sites (N-methyl/N-ethyl adjacent to an activating group) is 1. The second kappa shape index (κ2) is 8.03. The number of halogens is 4. The molecule has 9 heteroatoms. The van der Waals surface area contributed by atoms with E-state index in [1.807, 2.05) is 0 Å². The Morgan fingerprint density at radius 2 is 2.00 bits per heavy atom. The number of benzene rings is 1. The van der Waals surface area contributed by atoms with Gasteiger partial charge in [0.05, 0.1) is 18.4 Å². The van der Waals surface area contributed by atoms with Crippen molar-refractivity contribution < 1.29 is 32.3 Å². The van der Waals surface area contributed by atoms with Gasteiger partial charge in [-0.05, 0) is 24.6 Å². The lowest BCUT2D eigenvalue weighted by Crippen LogP contribution is -2.39. The van der Waals surface area contributed by atoms with Crippen LogP contribution in [0.3, 0.4) is 0 Å². The molecule has 1 N–H and O–H groups in total. The molecule has 5 nitrogen and oxygen atoms in total. The van der Waals surface area contributed by atoms with Gasteiger partial charge in [-0.25, -0.2) is 4.39 Å². The van der Waals surface area contributed by atoms with Crippen LogP contribution >= 0.6 is 0 Å². The molecule has 1 saturated heterocycles. The van der Waals surface area contributed by atoms with E-state index in [0.717, 1.165) is 0 Å². The van der Waals surface area contributed by atoms with Crippen molar-refractivity contribution in [1.82, 2.24) is 9.80 Å². The summed E-state index contributed by atoms with van der Waals surface area (Å²) >= 11 is 0. The third-order valence-electron chi connectivity index (χ3n) is 4.49. The molecular formula is C17H20F4N2O3. The minimum Gasteiger partial charge on any atom is -0.481 e. The van der Waals surface area contributed by atoms with E-state index in [9.17, 15) is 27.2 Å². The first-order valence-electron chi connectivity index (χ1n) is 8.16. The second-order valence-electron chi connectivity index (χ2n) is 6.32. The van der Waals surface area contributed by atoms with Gasteiger partial charge in [0, 0.05) is 26.2 Å². The van der Waals surface area contributed by atoms with Gasteiger partial charge in [0.25, 0.3) is 0 Å². The van der Waals surface area contributed by atoms with Crippen LogP contribution in [0, 0.1) is 17.7 Å². The molecule has 0 spiro atoms. The Morgan fingerprint density at radius 1 is 1.31 bits per heavy atom. The van der Waals surface area contributed by atoms with E-state index >= 15 is 0 Å². The van der Waals surface area contributed by atoms with Crippen LogP contribution in [0.25, 0.3) is 0 Å². The molecule has 2 atom stereocenters. The minimum absolute atomic E-state index is 0.131. The van der Waals surface area contributed by atoms with Crippen LogP contribution in [0.1, 0.15) is 12.5 Å². The zero-order chi connectivity index (χ0) is 19.5. The third kappa shape index (κ3) is 4.94. The van der Waals surface area contributed by atoms with Crippen LogP contribution in [-0.2, 0) is 16.1 Å². The number of carboxylic acids is 1. The summed E-state index contributed by atoms with van der Waals surface area (Å²) in [6, 6.07) is 5.71. The first-order valence-corrected chi connectivity index (χ1v) is 8.16. The molecule has 0 saturated carbocycles. The number of rotatable bonds is 6. The fourth-order valence-electron chi connectivity index (χ4n) is 3.12. The fourth-order valence-corrected chi connectivity index (χ4v) is 3.12. The van der Waals surface area contributed by atoms with Crippen molar-refractivity contribution in [3.05, 3.63) is 35.6 Å². The molecule has 0 aliphatic carbocycles. The van der Waals surface area contributed by atoms with Gasteiger partial charge in [-0.2, -0.15) is 13.2 Å². The third-order valence-corrected chi connectivity index (χ3v) is 4.49. The van der Waals surface area contributed by atoms with Crippen molar-refractivity contribution in [2.45, 2.75) is 19.6 Å². The summed E-state index contributed by atoms with van der Waals surface area (Å²) in [5.74, 6) is -5.96. The molecule has 144 valence electrons. The van der Waals surface area contributed by atoms with Crippen LogP contribution < -0.4 is 0 Å². The Kier molecular flexibility index (Phi) is 6.22. The molecule has 1 aromatic carbocycles. The van der Waals surface area contributed by atoms with Gasteiger partial charge in [0.2, 0.25) is 5.91 Å². The van der Waals surface area contributed by atoms with E-state index in [-0.39, 0.29) is 19.6 Å². The number of likely N-dealkylation sites (tertiary alicyclic amines) is 1. The van der Waals surface area contributed by atoms with Crippen LogP contribution in [0.15, 0.2) is 24.3 Å². The molecule has 0 aromatic heterocycles. The zero-order valence-electron chi connectivity index (χ0n) is 14.2. The van der Waals surface area contributed by atoms with Crippen molar-refractivity contribution in [2.24, 2.45) is 11.8 Å². The van der Waals surface area contributed by atoms with Crippen molar-refractivity contribution >= 4 is 11.9 Å². The van der Waals surface area contributed by atoms with Gasteiger partial charge in [-0.1, -0.05) is 12.1 Å². The summed E-state index contributed by atoms with van der Waals surface area (Å²) in [5, 5.41) is 9.02. The molecule has 1 amide bonds. The average molecular weight is 376 g/mol. The standard InChI is InChI=1S/C17H20F4N2O3/c1-2-23(7-11-4-3-5-12(18)6-11)15(24)10-22-8-13(16(25)26)14(9-22)17(19,20)21/h3-6,13-14H,2,7-10H2,1H3,(H,25,26)/t13-,14-/m1/s1. The van der Waals surface area contributed by atoms with E-state index in [2.05, 4.69) is 0 Å². The summed E-state index contributed by atoms with van der Waals surface area (Å²) in [7, 11) is 0. The molecule has 1 fully saturated rings. The molecule has 0 unspecified atom stereocenters. The zero-order valence-corrected chi connectivity index (χ0v) is 14.2. The van der Waals surface area contributed by atoms with Crippen LogP contribution in [0.5, 0.6) is 0 Å². The number of amides is 1. The number of alkyl halides is 3. The Labute approximate surface area is 148 Å². The lowest BCUT2D eigenvalue weighted by atomic mass is 9.96. The van der Waals surface area contributed by atoms with Crippen molar-refractivity contribution in [3.8, 4) is 0 Å². The van der Waals surface area contributed by atoms with Gasteiger partial charge >= 0.3 is 12.1 Å². The predicted molar refractivity (Wildman–Crippen MR) is 84.6 cm³/mol. The highest BCUT2D eigenvalue weighted by molar-refractivity contribution is 5.78. The summed E-state index contributed by atoms with van der Waals surface area (Å²) in [4.78, 5) is 26.1. The SMILES string of the molecule is CCN(Cc1cccc(F)c1)C(=O)CN1C[C@@H](C(F)(F)F)[C@H](C(=O)O)C1. The highest BCUT2D eigenvalue weighted by atomic mass is 19.4. The Balaban J connectivity index is 2.02. The molecule has 0 bridgehead atoms. The highest BCUT2D eigenvalue weighted by Crippen LogP contribution is 2.37. The van der Waals surface area contributed by atoms with Crippen molar-refractivity contribution in [1.29, 1.82) is 0 Å². The fraction of sp³-hybridized carbons (Fsp3) is 0.529. The highest BCUT2D eigenvalue weighted by Gasteiger charge is 2.52. The summed E-state index contributed by atoms with van der Waals surface area (Å²) in [5.41, 5.74) is 0.568. The van der Waals surface area contributed by atoms with Gasteiger partial charge in [-0.3, -0.25) is 14.5 Å². The lowest BCUT2D eigenvalue weighted by molar-refractivity contribution is -0.188.